The monoisotopic (exact) mass is 426 g/mol. The maximum atomic E-state index is 12.4. The highest BCUT2D eigenvalue weighted by Gasteiger charge is 2.25. The number of hydrogen-bond acceptors (Lipinski definition) is 8. The minimum absolute atomic E-state index is 0. The Labute approximate surface area is 173 Å². The zero-order valence-electron chi connectivity index (χ0n) is 15.5. The quantitative estimate of drug-likeness (QED) is 0.278. The summed E-state index contributed by atoms with van der Waals surface area (Å²) in [6, 6.07) is 6.05. The van der Waals surface area contributed by atoms with Crippen LogP contribution < -0.4 is 11.1 Å². The lowest BCUT2D eigenvalue weighted by Gasteiger charge is -2.19. The summed E-state index contributed by atoms with van der Waals surface area (Å²) in [6.07, 6.45) is 0.0759. The minimum Gasteiger partial charge on any atom is -0.504 e. The number of carbonyl (C=O) groups is 2. The van der Waals surface area contributed by atoms with E-state index in [1.807, 2.05) is 0 Å². The lowest BCUT2D eigenvalue weighted by atomic mass is 10.0. The molecule has 0 radical (unpaired) electrons. The number of rotatable bonds is 7. The number of halogens is 1. The number of nitrogens with two attached hydrogens (primary N) is 1. The molecule has 0 aliphatic heterocycles. The van der Waals surface area contributed by atoms with Gasteiger partial charge in [0.15, 0.2) is 23.0 Å². The number of methoxy groups -OCH3 is 1. The smallest absolute Gasteiger partial charge is 0.328 e. The summed E-state index contributed by atoms with van der Waals surface area (Å²) in [5.41, 5.74) is 6.90. The second kappa shape index (κ2) is 10.4. The molecule has 0 aromatic heterocycles. The molecule has 29 heavy (non-hydrogen) atoms. The molecule has 0 aliphatic rings. The number of hydrogen-bond donors (Lipinski definition) is 6. The van der Waals surface area contributed by atoms with Crippen molar-refractivity contribution in [2.75, 3.05) is 7.11 Å². The summed E-state index contributed by atoms with van der Waals surface area (Å²) in [6.45, 7) is 0. The van der Waals surface area contributed by atoms with E-state index in [0.717, 1.165) is 0 Å². The molecular weight excluding hydrogens is 404 g/mol. The van der Waals surface area contributed by atoms with Crippen LogP contribution in [0.1, 0.15) is 11.1 Å². The van der Waals surface area contributed by atoms with E-state index in [9.17, 15) is 30.0 Å². The highest BCUT2D eigenvalue weighted by molar-refractivity contribution is 5.87. The van der Waals surface area contributed by atoms with Gasteiger partial charge in [-0.1, -0.05) is 12.1 Å². The van der Waals surface area contributed by atoms with E-state index in [4.69, 9.17) is 10.5 Å². The maximum absolute atomic E-state index is 12.4. The number of phenols is 4. The molecule has 0 aliphatic carbocycles. The molecule has 0 unspecified atom stereocenters. The van der Waals surface area contributed by atoms with E-state index < -0.39 is 24.0 Å². The highest BCUT2D eigenvalue weighted by Crippen LogP contribution is 2.26. The maximum Gasteiger partial charge on any atom is 0.328 e. The van der Waals surface area contributed by atoms with Crippen molar-refractivity contribution in [2.24, 2.45) is 5.73 Å². The molecule has 0 saturated carbocycles. The minimum atomic E-state index is -1.05. The van der Waals surface area contributed by atoms with Crippen molar-refractivity contribution in [1.29, 1.82) is 0 Å². The lowest BCUT2D eigenvalue weighted by Crippen LogP contribution is -2.50. The number of phenolic OH excluding ortho intramolecular Hbond substituents is 4. The van der Waals surface area contributed by atoms with Crippen LogP contribution in [-0.2, 0) is 27.2 Å². The van der Waals surface area contributed by atoms with Crippen LogP contribution in [-0.4, -0.2) is 51.5 Å². The first kappa shape index (κ1) is 23.9. The average molecular weight is 427 g/mol. The van der Waals surface area contributed by atoms with Gasteiger partial charge < -0.3 is 36.2 Å². The standard InChI is InChI=1S/C19H22N2O7.ClH/c1-28-19(27)13(7-11-3-5-15(23)17(25)9-11)21-18(26)12(20)6-10-2-4-14(22)16(24)8-10;/h2-5,8-9,12-13,22-25H,6-7,20H2,1H3,(H,21,26);1H/t12-,13-;/m0./s1. The molecule has 2 aromatic rings. The van der Waals surface area contributed by atoms with Crippen molar-refractivity contribution < 1.29 is 34.8 Å². The van der Waals surface area contributed by atoms with Crippen LogP contribution in [0, 0.1) is 0 Å². The van der Waals surface area contributed by atoms with Crippen molar-refractivity contribution in [1.82, 2.24) is 5.32 Å². The summed E-state index contributed by atoms with van der Waals surface area (Å²) in [5.74, 6) is -2.59. The molecule has 2 rings (SSSR count). The SMILES string of the molecule is COC(=O)[C@H](Cc1ccc(O)c(O)c1)NC(=O)[C@@H](N)Cc1ccc(O)c(O)c1.Cl. The van der Waals surface area contributed by atoms with Crippen molar-refractivity contribution in [3.8, 4) is 23.0 Å². The predicted molar refractivity (Wildman–Crippen MR) is 106 cm³/mol. The Kier molecular flexibility index (Phi) is 8.56. The zero-order valence-corrected chi connectivity index (χ0v) is 16.3. The fraction of sp³-hybridized carbons (Fsp3) is 0.263. The number of aromatic hydroxyl groups is 4. The van der Waals surface area contributed by atoms with Gasteiger partial charge in [0.1, 0.15) is 6.04 Å². The number of amides is 1. The molecule has 1 amide bonds. The van der Waals surface area contributed by atoms with Crippen LogP contribution in [0.25, 0.3) is 0 Å². The van der Waals surface area contributed by atoms with Crippen LogP contribution >= 0.6 is 12.4 Å². The van der Waals surface area contributed by atoms with Gasteiger partial charge in [-0.15, -0.1) is 12.4 Å². The van der Waals surface area contributed by atoms with Gasteiger partial charge in [0, 0.05) is 6.42 Å². The fourth-order valence-electron chi connectivity index (χ4n) is 2.59. The Morgan fingerprint density at radius 2 is 1.41 bits per heavy atom. The Hall–Kier alpha value is -3.17. The Bertz CT molecular complexity index is 876. The van der Waals surface area contributed by atoms with Crippen LogP contribution in [0.15, 0.2) is 36.4 Å². The Balaban J connectivity index is 0.00000420. The molecule has 0 spiro atoms. The molecule has 9 nitrogen and oxygen atoms in total. The van der Waals surface area contributed by atoms with Crippen molar-refractivity contribution in [3.63, 3.8) is 0 Å². The van der Waals surface area contributed by atoms with Crippen molar-refractivity contribution in [2.45, 2.75) is 24.9 Å². The van der Waals surface area contributed by atoms with Gasteiger partial charge in [0.25, 0.3) is 0 Å². The Morgan fingerprint density at radius 1 is 0.931 bits per heavy atom. The Morgan fingerprint density at radius 3 is 1.86 bits per heavy atom. The van der Waals surface area contributed by atoms with Crippen LogP contribution in [0.5, 0.6) is 23.0 Å². The number of carbonyl (C=O) groups excluding carboxylic acids is 2. The van der Waals surface area contributed by atoms with E-state index in [2.05, 4.69) is 5.32 Å². The van der Waals surface area contributed by atoms with Gasteiger partial charge in [-0.2, -0.15) is 0 Å². The van der Waals surface area contributed by atoms with Gasteiger partial charge in [-0.3, -0.25) is 4.79 Å². The predicted octanol–water partition coefficient (Wildman–Crippen LogP) is 0.701. The van der Waals surface area contributed by atoms with E-state index in [0.29, 0.717) is 11.1 Å². The van der Waals surface area contributed by atoms with E-state index in [-0.39, 0.29) is 48.2 Å². The summed E-state index contributed by atoms with van der Waals surface area (Å²) >= 11 is 0. The molecule has 158 valence electrons. The number of ether oxygens (including phenoxy) is 1. The van der Waals surface area contributed by atoms with Gasteiger partial charge in [-0.25, -0.2) is 4.79 Å². The van der Waals surface area contributed by atoms with E-state index >= 15 is 0 Å². The van der Waals surface area contributed by atoms with Gasteiger partial charge >= 0.3 is 5.97 Å². The summed E-state index contributed by atoms with van der Waals surface area (Å²) in [7, 11) is 1.18. The third kappa shape index (κ3) is 6.44. The third-order valence-corrected chi connectivity index (χ3v) is 4.11. The molecule has 0 heterocycles. The number of benzene rings is 2. The van der Waals surface area contributed by atoms with Crippen molar-refractivity contribution in [3.05, 3.63) is 47.5 Å². The van der Waals surface area contributed by atoms with Crippen molar-refractivity contribution >= 4 is 24.3 Å². The van der Waals surface area contributed by atoms with Gasteiger partial charge in [0.05, 0.1) is 13.2 Å². The average Bonchev–Trinajstić information content (AvgIpc) is 2.66. The molecule has 7 N–H and O–H groups in total. The highest BCUT2D eigenvalue weighted by atomic mass is 35.5. The molecule has 2 atom stereocenters. The van der Waals surface area contributed by atoms with E-state index in [1.54, 1.807) is 0 Å². The van der Waals surface area contributed by atoms with Gasteiger partial charge in [-0.05, 0) is 41.8 Å². The largest absolute Gasteiger partial charge is 0.504 e. The third-order valence-electron chi connectivity index (χ3n) is 4.11. The normalized spacial score (nSPS) is 12.3. The topological polar surface area (TPSA) is 162 Å². The van der Waals surface area contributed by atoms with Crippen LogP contribution in [0.4, 0.5) is 0 Å². The van der Waals surface area contributed by atoms with Crippen LogP contribution in [0.2, 0.25) is 0 Å². The zero-order chi connectivity index (χ0) is 20.8. The molecule has 0 bridgehead atoms. The van der Waals surface area contributed by atoms with E-state index in [1.165, 1.54) is 43.5 Å². The molecule has 0 fully saturated rings. The number of nitrogens with one attached hydrogen (secondary N) is 1. The molecule has 0 saturated heterocycles. The van der Waals surface area contributed by atoms with Gasteiger partial charge in [0.2, 0.25) is 5.91 Å². The summed E-state index contributed by atoms with van der Waals surface area (Å²) < 4.78 is 4.70. The fourth-order valence-corrected chi connectivity index (χ4v) is 2.59. The first-order valence-corrected chi connectivity index (χ1v) is 8.36. The molecular formula is C19H23ClN2O7. The number of esters is 1. The molecule has 2 aromatic carbocycles. The second-order valence-corrected chi connectivity index (χ2v) is 6.25. The van der Waals surface area contributed by atoms with Crippen LogP contribution in [0.3, 0.4) is 0 Å². The first-order valence-electron chi connectivity index (χ1n) is 8.36. The molecule has 10 heteroatoms. The first-order chi connectivity index (χ1) is 13.2. The summed E-state index contributed by atoms with van der Waals surface area (Å²) in [4.78, 5) is 24.4. The summed E-state index contributed by atoms with van der Waals surface area (Å²) in [5, 5.41) is 40.3. The second-order valence-electron chi connectivity index (χ2n) is 6.25. The lowest BCUT2D eigenvalue weighted by molar-refractivity contribution is -0.145.